The molecule has 2 aromatic rings. The van der Waals surface area contributed by atoms with Gasteiger partial charge in [-0.15, -0.1) is 0 Å². The van der Waals surface area contributed by atoms with Crippen LogP contribution in [0.2, 0.25) is 5.02 Å². The molecular formula is C13H10ClFO2. The van der Waals surface area contributed by atoms with E-state index in [-0.39, 0.29) is 18.1 Å². The number of ether oxygens (including phenoxy) is 1. The fourth-order valence-electron chi connectivity index (χ4n) is 1.40. The first kappa shape index (κ1) is 11.7. The first-order chi connectivity index (χ1) is 8.15. The second kappa shape index (κ2) is 5.06. The highest BCUT2D eigenvalue weighted by Gasteiger charge is 2.04. The van der Waals surface area contributed by atoms with E-state index in [9.17, 15) is 9.50 Å². The molecule has 0 spiro atoms. The third kappa shape index (κ3) is 3.11. The van der Waals surface area contributed by atoms with Crippen LogP contribution in [0.4, 0.5) is 4.39 Å². The smallest absolute Gasteiger partial charge is 0.161 e. The largest absolute Gasteiger partial charge is 0.504 e. The van der Waals surface area contributed by atoms with E-state index >= 15 is 0 Å². The fraction of sp³-hybridized carbons (Fsp3) is 0.0769. The summed E-state index contributed by atoms with van der Waals surface area (Å²) in [7, 11) is 0. The van der Waals surface area contributed by atoms with Crippen molar-refractivity contribution < 1.29 is 14.2 Å². The first-order valence-corrected chi connectivity index (χ1v) is 5.39. The Morgan fingerprint density at radius 1 is 1.18 bits per heavy atom. The lowest BCUT2D eigenvalue weighted by molar-refractivity contribution is 0.288. The highest BCUT2D eigenvalue weighted by molar-refractivity contribution is 6.30. The quantitative estimate of drug-likeness (QED) is 0.901. The number of aromatic hydroxyl groups is 1. The van der Waals surface area contributed by atoms with Gasteiger partial charge in [0.25, 0.3) is 0 Å². The van der Waals surface area contributed by atoms with Crippen molar-refractivity contribution in [2.24, 2.45) is 0 Å². The van der Waals surface area contributed by atoms with Crippen molar-refractivity contribution in [1.82, 2.24) is 0 Å². The second-order valence-corrected chi connectivity index (χ2v) is 3.97. The number of phenols is 1. The van der Waals surface area contributed by atoms with E-state index in [0.29, 0.717) is 5.02 Å². The van der Waals surface area contributed by atoms with Crippen LogP contribution in [0.25, 0.3) is 0 Å². The Balaban J connectivity index is 2.07. The summed E-state index contributed by atoms with van der Waals surface area (Å²) < 4.78 is 18.1. The zero-order valence-electron chi connectivity index (χ0n) is 8.86. The predicted molar refractivity (Wildman–Crippen MR) is 63.8 cm³/mol. The van der Waals surface area contributed by atoms with Crippen molar-refractivity contribution in [1.29, 1.82) is 0 Å². The van der Waals surface area contributed by atoms with Crippen LogP contribution < -0.4 is 4.74 Å². The normalized spacial score (nSPS) is 10.2. The second-order valence-electron chi connectivity index (χ2n) is 3.53. The van der Waals surface area contributed by atoms with Gasteiger partial charge in [-0.25, -0.2) is 4.39 Å². The SMILES string of the molecule is Oc1cc(F)ccc1OCc1cccc(Cl)c1. The summed E-state index contributed by atoms with van der Waals surface area (Å²) in [6, 6.07) is 10.8. The summed E-state index contributed by atoms with van der Waals surface area (Å²) in [5, 5.41) is 10.1. The Labute approximate surface area is 103 Å². The van der Waals surface area contributed by atoms with Crippen molar-refractivity contribution in [2.75, 3.05) is 0 Å². The summed E-state index contributed by atoms with van der Waals surface area (Å²) in [4.78, 5) is 0. The lowest BCUT2D eigenvalue weighted by atomic mass is 10.2. The van der Waals surface area contributed by atoms with Gasteiger partial charge in [0.15, 0.2) is 11.5 Å². The van der Waals surface area contributed by atoms with E-state index in [1.807, 2.05) is 12.1 Å². The lowest BCUT2D eigenvalue weighted by Gasteiger charge is -2.08. The van der Waals surface area contributed by atoms with E-state index in [2.05, 4.69) is 0 Å². The standard InChI is InChI=1S/C13H10ClFO2/c14-10-3-1-2-9(6-10)8-17-13-5-4-11(15)7-12(13)16/h1-7,16H,8H2. The highest BCUT2D eigenvalue weighted by Crippen LogP contribution is 2.27. The third-order valence-corrected chi connectivity index (χ3v) is 2.44. The molecule has 0 saturated heterocycles. The van der Waals surface area contributed by atoms with E-state index in [4.69, 9.17) is 16.3 Å². The molecule has 88 valence electrons. The van der Waals surface area contributed by atoms with Gasteiger partial charge in [0, 0.05) is 11.1 Å². The molecule has 17 heavy (non-hydrogen) atoms. The van der Waals surface area contributed by atoms with Gasteiger partial charge in [0.2, 0.25) is 0 Å². The van der Waals surface area contributed by atoms with Crippen LogP contribution >= 0.6 is 11.6 Å². The van der Waals surface area contributed by atoms with E-state index in [0.717, 1.165) is 11.6 Å². The minimum Gasteiger partial charge on any atom is -0.504 e. The molecule has 0 fully saturated rings. The summed E-state index contributed by atoms with van der Waals surface area (Å²) >= 11 is 5.82. The summed E-state index contributed by atoms with van der Waals surface area (Å²) in [6.07, 6.45) is 0. The molecule has 0 radical (unpaired) electrons. The van der Waals surface area contributed by atoms with Gasteiger partial charge in [-0.2, -0.15) is 0 Å². The van der Waals surface area contributed by atoms with Gasteiger partial charge in [-0.05, 0) is 29.8 Å². The number of halogens is 2. The van der Waals surface area contributed by atoms with Crippen LogP contribution in [-0.2, 0) is 6.61 Å². The van der Waals surface area contributed by atoms with Crippen molar-refractivity contribution in [3.05, 3.63) is 58.9 Å². The number of phenolic OH excluding ortho intramolecular Hbond substituents is 1. The van der Waals surface area contributed by atoms with Crippen LogP contribution in [0.1, 0.15) is 5.56 Å². The minimum atomic E-state index is -0.502. The van der Waals surface area contributed by atoms with Crippen LogP contribution in [0, 0.1) is 5.82 Å². The van der Waals surface area contributed by atoms with Crippen LogP contribution in [0.5, 0.6) is 11.5 Å². The topological polar surface area (TPSA) is 29.5 Å². The Kier molecular flexibility index (Phi) is 3.49. The van der Waals surface area contributed by atoms with Gasteiger partial charge in [-0.3, -0.25) is 0 Å². The molecule has 0 aliphatic carbocycles. The highest BCUT2D eigenvalue weighted by atomic mass is 35.5. The Bertz CT molecular complexity index is 529. The lowest BCUT2D eigenvalue weighted by Crippen LogP contribution is -1.95. The zero-order valence-corrected chi connectivity index (χ0v) is 9.62. The number of benzene rings is 2. The van der Waals surface area contributed by atoms with Crippen molar-refractivity contribution in [2.45, 2.75) is 6.61 Å². The van der Waals surface area contributed by atoms with Crippen LogP contribution in [-0.4, -0.2) is 5.11 Å². The molecule has 0 bridgehead atoms. The third-order valence-electron chi connectivity index (χ3n) is 2.20. The molecule has 0 atom stereocenters. The first-order valence-electron chi connectivity index (χ1n) is 5.01. The van der Waals surface area contributed by atoms with E-state index in [1.54, 1.807) is 12.1 Å². The van der Waals surface area contributed by atoms with Crippen LogP contribution in [0.15, 0.2) is 42.5 Å². The minimum absolute atomic E-state index is 0.216. The zero-order chi connectivity index (χ0) is 12.3. The Hall–Kier alpha value is -1.74. The molecule has 0 heterocycles. The average molecular weight is 253 g/mol. The Morgan fingerprint density at radius 2 is 2.00 bits per heavy atom. The van der Waals surface area contributed by atoms with Gasteiger partial charge in [0.1, 0.15) is 12.4 Å². The van der Waals surface area contributed by atoms with E-state index < -0.39 is 5.82 Å². The van der Waals surface area contributed by atoms with Crippen molar-refractivity contribution >= 4 is 11.6 Å². The molecular weight excluding hydrogens is 243 g/mol. The monoisotopic (exact) mass is 252 g/mol. The molecule has 0 saturated carbocycles. The molecule has 0 unspecified atom stereocenters. The molecule has 4 heteroatoms. The van der Waals surface area contributed by atoms with Gasteiger partial charge in [-0.1, -0.05) is 23.7 Å². The van der Waals surface area contributed by atoms with Gasteiger partial charge < -0.3 is 9.84 Å². The van der Waals surface area contributed by atoms with E-state index in [1.165, 1.54) is 12.1 Å². The van der Waals surface area contributed by atoms with Crippen molar-refractivity contribution in [3.63, 3.8) is 0 Å². The van der Waals surface area contributed by atoms with Crippen LogP contribution in [0.3, 0.4) is 0 Å². The molecule has 1 N–H and O–H groups in total. The number of hydrogen-bond donors (Lipinski definition) is 1. The average Bonchev–Trinajstić information content (AvgIpc) is 2.28. The fourth-order valence-corrected chi connectivity index (χ4v) is 1.61. The Morgan fingerprint density at radius 3 is 2.71 bits per heavy atom. The number of rotatable bonds is 3. The molecule has 0 aliphatic rings. The summed E-state index contributed by atoms with van der Waals surface area (Å²) in [6.45, 7) is 0.264. The van der Waals surface area contributed by atoms with Crippen molar-refractivity contribution in [3.8, 4) is 11.5 Å². The molecule has 2 nitrogen and oxygen atoms in total. The maximum Gasteiger partial charge on any atom is 0.161 e. The maximum atomic E-state index is 12.7. The molecule has 0 amide bonds. The molecule has 2 rings (SSSR count). The summed E-state index contributed by atoms with van der Waals surface area (Å²) in [5.74, 6) is -0.476. The number of hydrogen-bond acceptors (Lipinski definition) is 2. The summed E-state index contributed by atoms with van der Waals surface area (Å²) in [5.41, 5.74) is 0.876. The molecule has 0 aliphatic heterocycles. The molecule has 0 aromatic heterocycles. The molecule has 2 aromatic carbocycles. The maximum absolute atomic E-state index is 12.7. The van der Waals surface area contributed by atoms with Gasteiger partial charge in [0.05, 0.1) is 0 Å². The predicted octanol–water partition coefficient (Wildman–Crippen LogP) is 3.76. The van der Waals surface area contributed by atoms with Gasteiger partial charge >= 0.3 is 0 Å².